The van der Waals surface area contributed by atoms with Crippen LogP contribution in [0.15, 0.2) is 97.1 Å². The monoisotopic (exact) mass is 1830 g/mol. The van der Waals surface area contributed by atoms with E-state index in [4.69, 9.17) is 28.8 Å². The predicted octanol–water partition coefficient (Wildman–Crippen LogP) is 10.2. The minimum Gasteiger partial charge on any atom is -0.508 e. The maximum absolute atomic E-state index is 12.8. The van der Waals surface area contributed by atoms with E-state index < -0.39 is 29.1 Å². The number of phenols is 4. The smallest absolute Gasteiger partial charge is 0.340 e. The van der Waals surface area contributed by atoms with Crippen LogP contribution in [-0.4, -0.2) is 56.0 Å². The average Bonchev–Trinajstić information content (AvgIpc) is 3.77. The van der Waals surface area contributed by atoms with Crippen molar-refractivity contribution in [3.05, 3.63) is 164 Å². The topological polar surface area (TPSA) is 216 Å². The number of phenolic OH excluding ortho intramolecular Hbond substituents is 4. The Labute approximate surface area is 561 Å². The molecule has 0 bridgehead atoms. The van der Waals surface area contributed by atoms with Crippen LogP contribution in [0, 0.1) is 176 Å². The van der Waals surface area contributed by atoms with Crippen LogP contribution in [0.2, 0.25) is 0 Å². The molecule has 0 amide bonds. The summed E-state index contributed by atoms with van der Waals surface area (Å²) in [5.74, 6) is 0.245. The fraction of sp³-hybridized carbons (Fsp3) is 0.259. The number of carbonyl (C=O) groups is 4. The summed E-state index contributed by atoms with van der Waals surface area (Å²) in [4.78, 5) is 44.5. The molecule has 6 aromatic rings. The van der Waals surface area contributed by atoms with Crippen molar-refractivity contribution in [2.45, 2.75) is 85.4 Å². The van der Waals surface area contributed by atoms with Crippen molar-refractivity contribution in [3.63, 3.8) is 0 Å². The maximum atomic E-state index is 12.8. The Morgan fingerprint density at radius 2 is 0.736 bits per heavy atom. The van der Waals surface area contributed by atoms with E-state index in [1.807, 2.05) is 88.4 Å². The Balaban J connectivity index is 0.000000306. The third-order valence-corrected chi connectivity index (χ3v) is 12.1. The van der Waals surface area contributed by atoms with Gasteiger partial charge in [-0.3, -0.25) is 9.59 Å². The molecule has 4 aliphatic heterocycles. The first-order valence-electron chi connectivity index (χ1n) is 22.3. The first-order valence-corrected chi connectivity index (χ1v) is 22.3. The fourth-order valence-electron chi connectivity index (χ4n) is 8.99. The summed E-state index contributed by atoms with van der Waals surface area (Å²) in [5.41, 5.74) is 5.75. The number of carbonyl (C=O) groups excluding carboxylic acids is 3. The van der Waals surface area contributed by atoms with Gasteiger partial charge in [0.15, 0.2) is 11.2 Å². The van der Waals surface area contributed by atoms with Crippen LogP contribution in [0.4, 0.5) is 0 Å². The quantitative estimate of drug-likeness (QED) is 0.0802. The minimum absolute atomic E-state index is 0. The van der Waals surface area contributed by atoms with Crippen LogP contribution < -0.4 is 9.47 Å². The Bertz CT molecular complexity index is 2700. The minimum atomic E-state index is -1.19. The Hall–Kier alpha value is -2.23. The predicted molar refractivity (Wildman–Crippen MR) is 249 cm³/mol. The molecule has 18 heteroatoms. The molecule has 0 unspecified atom stereocenters. The van der Waals surface area contributed by atoms with Gasteiger partial charge in [0.25, 0.3) is 5.97 Å². The number of esters is 3. The van der Waals surface area contributed by atoms with Crippen molar-refractivity contribution >= 4 is 23.9 Å². The van der Waals surface area contributed by atoms with Gasteiger partial charge in [0, 0.05) is 248 Å². The van der Waals surface area contributed by atoms with Gasteiger partial charge in [0.05, 0.1) is 17.7 Å². The summed E-state index contributed by atoms with van der Waals surface area (Å²) in [6.45, 7) is 12.5. The molecule has 0 aromatic heterocycles. The molecule has 0 aliphatic carbocycles. The number of aromatic hydroxyl groups is 4. The molecule has 6 aromatic carbocycles. The molecular formula is C54H52Ac4O14. The van der Waals surface area contributed by atoms with Gasteiger partial charge in [-0.05, 0) is 91.3 Å². The van der Waals surface area contributed by atoms with Crippen LogP contribution in [0.5, 0.6) is 46.0 Å². The second-order valence-corrected chi connectivity index (χ2v) is 16.2. The number of hydrogen-bond donors (Lipinski definition) is 5. The number of fused-ring (bicyclic) bond motifs is 12. The van der Waals surface area contributed by atoms with Gasteiger partial charge in [-0.15, -0.1) is 0 Å². The molecule has 10 rings (SSSR count). The normalized spacial score (nSPS) is 13.3. The second kappa shape index (κ2) is 27.2. The van der Waals surface area contributed by atoms with E-state index in [9.17, 15) is 34.8 Å². The second-order valence-electron chi connectivity index (χ2n) is 16.2. The zero-order valence-electron chi connectivity index (χ0n) is 41.0. The number of benzene rings is 6. The molecule has 72 heavy (non-hydrogen) atoms. The van der Waals surface area contributed by atoms with E-state index in [-0.39, 0.29) is 205 Å². The maximum Gasteiger partial charge on any atom is 0.340 e. The molecule has 4 aliphatic rings. The molecule has 2 spiro atoms. The molecule has 364 valence electrons. The van der Waals surface area contributed by atoms with E-state index in [0.29, 0.717) is 88.7 Å². The Kier molecular flexibility index (Phi) is 24.2. The van der Waals surface area contributed by atoms with E-state index in [2.05, 4.69) is 4.74 Å². The van der Waals surface area contributed by atoms with Crippen molar-refractivity contribution in [2.75, 3.05) is 6.61 Å². The third kappa shape index (κ3) is 12.3. The van der Waals surface area contributed by atoms with E-state index in [1.54, 1.807) is 43.3 Å². The van der Waals surface area contributed by atoms with E-state index in [1.165, 1.54) is 6.92 Å². The Morgan fingerprint density at radius 3 is 0.958 bits per heavy atom. The van der Waals surface area contributed by atoms with Crippen LogP contribution in [0.3, 0.4) is 0 Å². The van der Waals surface area contributed by atoms with Crippen molar-refractivity contribution in [3.8, 4) is 46.0 Å². The molecule has 0 saturated carbocycles. The number of ether oxygens (including phenoxy) is 5. The average molecular weight is 1830 g/mol. The van der Waals surface area contributed by atoms with Crippen LogP contribution in [0.1, 0.15) is 125 Å². The van der Waals surface area contributed by atoms with E-state index in [0.717, 1.165) is 40.3 Å². The zero-order chi connectivity index (χ0) is 49.2. The first kappa shape index (κ1) is 64.1. The standard InChI is InChI=1S/2C24H20O5.C4H8O2.C2H4O2.4Ac/c2*1-3-13-9-17-21(11-19(13)25)28-22-12-20(26)14(4-2)10-18(22)24(17)16-8-6-5-7-15(16)23(27)29-24;1-3-6-4(2)5;1-2(3)4;;;;/h2*5-12,25-26H,3-4H2,1-2H3;3H2,1-2H3;1H3,(H,3,4);;;;. The van der Waals surface area contributed by atoms with Crippen LogP contribution >= 0.6 is 0 Å². The van der Waals surface area contributed by atoms with Gasteiger partial charge in [-0.25, -0.2) is 9.59 Å². The zero-order valence-corrected chi connectivity index (χ0v) is 60.0. The van der Waals surface area contributed by atoms with Gasteiger partial charge in [-0.1, -0.05) is 64.1 Å². The van der Waals surface area contributed by atoms with Gasteiger partial charge >= 0.3 is 17.9 Å². The van der Waals surface area contributed by atoms with Gasteiger partial charge < -0.3 is 49.2 Å². The van der Waals surface area contributed by atoms with E-state index >= 15 is 0 Å². The van der Waals surface area contributed by atoms with Crippen LogP contribution in [0.25, 0.3) is 0 Å². The summed E-state index contributed by atoms with van der Waals surface area (Å²) in [7, 11) is 0. The van der Waals surface area contributed by atoms with Gasteiger partial charge in [0.1, 0.15) is 46.0 Å². The largest absolute Gasteiger partial charge is 0.508 e. The summed E-state index contributed by atoms with van der Waals surface area (Å²) >= 11 is 0. The number of rotatable bonds is 5. The number of aliphatic carboxylic acids is 1. The molecule has 0 fully saturated rings. The SMILES string of the molecule is CC(=O)O.CCOC(C)=O.CCc1cc2c(cc1O)Oc1cc(O)c(CC)cc1C21OC(=O)c2ccccc21.CCc1cc2c(cc1O)Oc1cc(O)c(CC)cc1C21OC(=O)c2ccccc21.[Ac].[Ac].[Ac].[Ac]. The molecule has 0 saturated heterocycles. The third-order valence-electron chi connectivity index (χ3n) is 12.1. The molecular weight excluding hydrogens is 1780 g/mol. The molecule has 4 radical (unpaired) electrons. The van der Waals surface area contributed by atoms with Crippen LogP contribution in [-0.2, 0) is 60.7 Å². The Morgan fingerprint density at radius 1 is 0.472 bits per heavy atom. The molecule has 0 atom stereocenters. The number of carboxylic acids is 1. The first-order chi connectivity index (χ1) is 32.5. The number of carboxylic acid groups (broad SMARTS) is 1. The van der Waals surface area contributed by atoms with Crippen molar-refractivity contribution in [1.29, 1.82) is 0 Å². The van der Waals surface area contributed by atoms with Gasteiger partial charge in [0.2, 0.25) is 0 Å². The van der Waals surface area contributed by atoms with Crippen molar-refractivity contribution in [1.82, 2.24) is 0 Å². The van der Waals surface area contributed by atoms with Crippen molar-refractivity contribution in [2.24, 2.45) is 0 Å². The number of aryl methyl sites for hydroxylation is 4. The molecule has 4 heterocycles. The number of hydrogen-bond acceptors (Lipinski definition) is 13. The van der Waals surface area contributed by atoms with Crippen molar-refractivity contribution < 1.29 is 245 Å². The summed E-state index contributed by atoms with van der Waals surface area (Å²) in [5, 5.41) is 49.0. The fourth-order valence-corrected chi connectivity index (χ4v) is 8.99. The molecule has 14 nitrogen and oxygen atoms in total. The summed E-state index contributed by atoms with van der Waals surface area (Å²) < 4.78 is 28.7. The summed E-state index contributed by atoms with van der Waals surface area (Å²) in [6.07, 6.45) is 2.47. The summed E-state index contributed by atoms with van der Waals surface area (Å²) in [6, 6.07) is 28.3. The van der Waals surface area contributed by atoms with Gasteiger partial charge in [-0.2, -0.15) is 0 Å². The molecule has 5 N–H and O–H groups in total.